The lowest BCUT2D eigenvalue weighted by molar-refractivity contribution is 0.143. The van der Waals surface area contributed by atoms with Crippen LogP contribution < -0.4 is 4.74 Å². The van der Waals surface area contributed by atoms with Crippen molar-refractivity contribution in [3.05, 3.63) is 61.5 Å². The highest BCUT2D eigenvalue weighted by Crippen LogP contribution is 2.29. The molecule has 0 spiro atoms. The van der Waals surface area contributed by atoms with Gasteiger partial charge in [0.05, 0.1) is 6.10 Å². The van der Waals surface area contributed by atoms with Gasteiger partial charge in [0.15, 0.2) is 0 Å². The Morgan fingerprint density at radius 1 is 1.00 bits per heavy atom. The van der Waals surface area contributed by atoms with Crippen molar-refractivity contribution >= 4 is 0 Å². The molecular formula is C15H15O2. The highest BCUT2D eigenvalue weighted by atomic mass is 16.5. The number of rotatable bonds is 4. The lowest BCUT2D eigenvalue weighted by atomic mass is 10.1. The van der Waals surface area contributed by atoms with Crippen LogP contribution in [0.25, 0.3) is 11.1 Å². The third-order valence-electron chi connectivity index (χ3n) is 2.40. The summed E-state index contributed by atoms with van der Waals surface area (Å²) in [5.74, 6) is 0.765. The predicted molar refractivity (Wildman–Crippen MR) is 68.7 cm³/mol. The van der Waals surface area contributed by atoms with E-state index in [1.165, 1.54) is 0 Å². The van der Waals surface area contributed by atoms with Crippen LogP contribution in [0.15, 0.2) is 54.6 Å². The van der Waals surface area contributed by atoms with Gasteiger partial charge in [-0.25, -0.2) is 0 Å². The lowest BCUT2D eigenvalue weighted by Crippen LogP contribution is -2.13. The van der Waals surface area contributed by atoms with E-state index in [2.05, 4.69) is 6.92 Å². The summed E-state index contributed by atoms with van der Waals surface area (Å²) in [5.41, 5.74) is 2.12. The maximum atomic E-state index is 9.14. The number of para-hydroxylation sites is 1. The maximum Gasteiger partial charge on any atom is 0.127 e. The molecule has 0 fully saturated rings. The Morgan fingerprint density at radius 3 is 2.35 bits per heavy atom. The van der Waals surface area contributed by atoms with E-state index >= 15 is 0 Å². The summed E-state index contributed by atoms with van der Waals surface area (Å²) in [6.45, 7) is 3.68. The van der Waals surface area contributed by atoms with Crippen LogP contribution in [0.1, 0.15) is 0 Å². The average Bonchev–Trinajstić information content (AvgIpc) is 2.38. The Kier molecular flexibility index (Phi) is 3.78. The average molecular weight is 227 g/mol. The number of hydrogen-bond acceptors (Lipinski definition) is 2. The Labute approximate surface area is 101 Å². The van der Waals surface area contributed by atoms with Gasteiger partial charge in [0.25, 0.3) is 0 Å². The zero-order valence-corrected chi connectivity index (χ0v) is 9.54. The molecule has 87 valence electrons. The molecule has 0 saturated heterocycles. The van der Waals surface area contributed by atoms with Crippen LogP contribution >= 0.6 is 0 Å². The number of aliphatic hydroxyl groups excluding tert-OH is 1. The third-order valence-corrected chi connectivity index (χ3v) is 2.40. The smallest absolute Gasteiger partial charge is 0.127 e. The Morgan fingerprint density at radius 2 is 1.65 bits per heavy atom. The van der Waals surface area contributed by atoms with Crippen LogP contribution in [-0.2, 0) is 0 Å². The summed E-state index contributed by atoms with van der Waals surface area (Å²) in [7, 11) is 0. The first-order valence-electron chi connectivity index (χ1n) is 5.56. The summed E-state index contributed by atoms with van der Waals surface area (Å²) in [4.78, 5) is 0. The molecule has 1 radical (unpaired) electrons. The lowest BCUT2D eigenvalue weighted by Gasteiger charge is -2.12. The van der Waals surface area contributed by atoms with Gasteiger partial charge in [-0.05, 0) is 18.6 Å². The van der Waals surface area contributed by atoms with Gasteiger partial charge in [0.1, 0.15) is 12.4 Å². The van der Waals surface area contributed by atoms with Crippen molar-refractivity contribution < 1.29 is 9.84 Å². The van der Waals surface area contributed by atoms with E-state index in [4.69, 9.17) is 9.84 Å². The first-order valence-corrected chi connectivity index (χ1v) is 5.56. The fourth-order valence-corrected chi connectivity index (χ4v) is 1.63. The summed E-state index contributed by atoms with van der Waals surface area (Å²) in [5, 5.41) is 9.14. The molecule has 2 nitrogen and oxygen atoms in total. The normalized spacial score (nSPS) is 12.1. The molecule has 17 heavy (non-hydrogen) atoms. The zero-order chi connectivity index (χ0) is 12.1. The second-order valence-electron chi connectivity index (χ2n) is 3.83. The van der Waals surface area contributed by atoms with Gasteiger partial charge >= 0.3 is 0 Å². The molecule has 1 atom stereocenters. The second-order valence-corrected chi connectivity index (χ2v) is 3.83. The molecule has 2 heteroatoms. The van der Waals surface area contributed by atoms with E-state index in [0.29, 0.717) is 0 Å². The molecule has 1 unspecified atom stereocenters. The fraction of sp³-hybridized carbons (Fsp3) is 0.133. The second kappa shape index (κ2) is 5.51. The molecule has 2 aromatic carbocycles. The van der Waals surface area contributed by atoms with Crippen molar-refractivity contribution in [3.63, 3.8) is 0 Å². The van der Waals surface area contributed by atoms with Crippen LogP contribution in [0.5, 0.6) is 5.75 Å². The summed E-state index contributed by atoms with van der Waals surface area (Å²) in [6.07, 6.45) is -0.709. The van der Waals surface area contributed by atoms with Gasteiger partial charge in [-0.15, -0.1) is 0 Å². The first kappa shape index (κ1) is 11.7. The first-order chi connectivity index (χ1) is 8.27. The van der Waals surface area contributed by atoms with Crippen LogP contribution in [0.3, 0.4) is 0 Å². The van der Waals surface area contributed by atoms with Crippen molar-refractivity contribution in [2.24, 2.45) is 0 Å². The van der Waals surface area contributed by atoms with Crippen LogP contribution in [0, 0.1) is 6.92 Å². The van der Waals surface area contributed by atoms with Gasteiger partial charge in [-0.2, -0.15) is 0 Å². The largest absolute Gasteiger partial charge is 0.490 e. The highest BCUT2D eigenvalue weighted by molar-refractivity contribution is 5.70. The molecule has 0 aliphatic rings. The molecule has 2 aromatic rings. The Hall–Kier alpha value is -1.80. The molecule has 1 N–H and O–H groups in total. The van der Waals surface area contributed by atoms with E-state index in [1.54, 1.807) is 0 Å². The Balaban J connectivity index is 2.28. The molecule has 0 amide bonds. The maximum absolute atomic E-state index is 9.14. The van der Waals surface area contributed by atoms with E-state index in [-0.39, 0.29) is 6.61 Å². The highest BCUT2D eigenvalue weighted by Gasteiger charge is 2.06. The van der Waals surface area contributed by atoms with Crippen molar-refractivity contribution in [1.82, 2.24) is 0 Å². The van der Waals surface area contributed by atoms with Crippen molar-refractivity contribution in [2.75, 3.05) is 6.61 Å². The van der Waals surface area contributed by atoms with E-state index in [1.807, 2.05) is 54.6 Å². The number of benzene rings is 2. The van der Waals surface area contributed by atoms with E-state index in [9.17, 15) is 0 Å². The number of ether oxygens (including phenoxy) is 1. The van der Waals surface area contributed by atoms with Crippen LogP contribution in [0.2, 0.25) is 0 Å². The van der Waals surface area contributed by atoms with Gasteiger partial charge in [-0.1, -0.05) is 48.5 Å². The molecule has 0 aromatic heterocycles. The van der Waals surface area contributed by atoms with Crippen LogP contribution in [-0.4, -0.2) is 17.8 Å². The number of aliphatic hydroxyl groups is 1. The molecule has 0 saturated carbocycles. The SMILES string of the molecule is [CH2]C(O)COc1ccccc1-c1ccccc1. The van der Waals surface area contributed by atoms with Crippen LogP contribution in [0.4, 0.5) is 0 Å². The van der Waals surface area contributed by atoms with Crippen molar-refractivity contribution in [1.29, 1.82) is 0 Å². The fourth-order valence-electron chi connectivity index (χ4n) is 1.63. The van der Waals surface area contributed by atoms with Gasteiger partial charge in [0.2, 0.25) is 0 Å². The molecule has 0 aliphatic heterocycles. The topological polar surface area (TPSA) is 29.5 Å². The van der Waals surface area contributed by atoms with Gasteiger partial charge in [0, 0.05) is 5.56 Å². The molecule has 0 bridgehead atoms. The minimum absolute atomic E-state index is 0.198. The molecule has 0 aliphatic carbocycles. The minimum Gasteiger partial charge on any atom is -0.490 e. The number of hydrogen-bond donors (Lipinski definition) is 1. The summed E-state index contributed by atoms with van der Waals surface area (Å²) < 4.78 is 5.54. The molecule has 2 rings (SSSR count). The van der Waals surface area contributed by atoms with Gasteiger partial charge in [-0.3, -0.25) is 0 Å². The monoisotopic (exact) mass is 227 g/mol. The molecule has 0 heterocycles. The standard InChI is InChI=1S/C15H15O2/c1-12(16)11-17-15-10-6-5-9-14(15)13-7-3-2-4-8-13/h2-10,12,16H,1,11H2. The van der Waals surface area contributed by atoms with Gasteiger partial charge < -0.3 is 9.84 Å². The van der Waals surface area contributed by atoms with E-state index < -0.39 is 6.10 Å². The summed E-state index contributed by atoms with van der Waals surface area (Å²) >= 11 is 0. The van der Waals surface area contributed by atoms with Crippen molar-refractivity contribution in [3.8, 4) is 16.9 Å². The zero-order valence-electron chi connectivity index (χ0n) is 9.54. The van der Waals surface area contributed by atoms with Crippen molar-refractivity contribution in [2.45, 2.75) is 6.10 Å². The van der Waals surface area contributed by atoms with E-state index in [0.717, 1.165) is 16.9 Å². The predicted octanol–water partition coefficient (Wildman–Crippen LogP) is 2.93. The quantitative estimate of drug-likeness (QED) is 0.870. The minimum atomic E-state index is -0.709. The Bertz CT molecular complexity index is 463. The summed E-state index contributed by atoms with van der Waals surface area (Å²) in [6, 6.07) is 17.8. The third kappa shape index (κ3) is 3.08. The molecular weight excluding hydrogens is 212 g/mol.